The fourth-order valence-corrected chi connectivity index (χ4v) is 8.43. The fourth-order valence-electron chi connectivity index (χ4n) is 8.43. The third-order valence-corrected chi connectivity index (χ3v) is 10.3. The van der Waals surface area contributed by atoms with Crippen LogP contribution in [0.3, 0.4) is 0 Å². The molecule has 0 amide bonds. The average molecular weight is 576 g/mol. The zero-order chi connectivity index (χ0) is 34.2. The van der Waals surface area contributed by atoms with E-state index in [1.807, 2.05) is 18.2 Å². The third-order valence-electron chi connectivity index (χ3n) is 10.3. The number of rotatable bonds is 2. The Balaban J connectivity index is 1.43. The Hall–Kier alpha value is -5.46. The Morgan fingerprint density at radius 2 is 1.02 bits per heavy atom. The third kappa shape index (κ3) is 3.16. The molecule has 0 heteroatoms. The lowest BCUT2D eigenvalue weighted by Crippen LogP contribution is -2.23. The van der Waals surface area contributed by atoms with Gasteiger partial charge in [0.2, 0.25) is 0 Å². The van der Waals surface area contributed by atoms with E-state index in [4.69, 9.17) is 6.85 Å². The van der Waals surface area contributed by atoms with E-state index in [1.165, 1.54) is 33.0 Å². The number of fused-ring (bicyclic) bond motifs is 6. The SMILES string of the molecule is [2H]c1c([2H])c([2H])c(-c2c3c(c(-c4ccc5c6c(cccc46)-c4ccccc4C5(C)C)c4ccccc24)-c2cccc4cccc-3c24)c([2H])c1[2H]. The largest absolute Gasteiger partial charge is 0.0629 e. The summed E-state index contributed by atoms with van der Waals surface area (Å²) >= 11 is 0. The van der Waals surface area contributed by atoms with E-state index >= 15 is 0 Å². The normalized spacial score (nSPS) is 15.3. The second-order valence-electron chi connectivity index (χ2n) is 12.8. The lowest BCUT2D eigenvalue weighted by Gasteiger charge is -2.35. The van der Waals surface area contributed by atoms with Crippen LogP contribution < -0.4 is 0 Å². The summed E-state index contributed by atoms with van der Waals surface area (Å²) in [4.78, 5) is 0. The van der Waals surface area contributed by atoms with Crippen molar-refractivity contribution in [1.29, 1.82) is 0 Å². The predicted octanol–water partition coefficient (Wildman–Crippen LogP) is 12.4. The van der Waals surface area contributed by atoms with Crippen LogP contribution in [0.15, 0.2) is 145 Å². The number of benzene rings is 8. The molecule has 0 nitrogen and oxygen atoms in total. The van der Waals surface area contributed by atoms with Crippen LogP contribution in [-0.4, -0.2) is 0 Å². The molecule has 0 saturated carbocycles. The quantitative estimate of drug-likeness (QED) is 0.192. The van der Waals surface area contributed by atoms with Gasteiger partial charge < -0.3 is 0 Å². The summed E-state index contributed by atoms with van der Waals surface area (Å²) in [5.74, 6) is 0. The maximum absolute atomic E-state index is 9.14. The van der Waals surface area contributed by atoms with E-state index in [0.29, 0.717) is 5.56 Å². The van der Waals surface area contributed by atoms with Gasteiger partial charge in [0.25, 0.3) is 0 Å². The second kappa shape index (κ2) is 8.80. The maximum atomic E-state index is 9.14. The van der Waals surface area contributed by atoms with Gasteiger partial charge in [-0.2, -0.15) is 0 Å². The minimum Gasteiger partial charge on any atom is -0.0622 e. The van der Waals surface area contributed by atoms with Crippen molar-refractivity contribution in [2.75, 3.05) is 0 Å². The predicted molar refractivity (Wildman–Crippen MR) is 192 cm³/mol. The van der Waals surface area contributed by atoms with Gasteiger partial charge in [-0.3, -0.25) is 0 Å². The molecule has 0 fully saturated rings. The van der Waals surface area contributed by atoms with Gasteiger partial charge in [-0.1, -0.05) is 159 Å². The first-order chi connectivity index (χ1) is 24.2. The van der Waals surface area contributed by atoms with Crippen molar-refractivity contribution in [3.05, 3.63) is 157 Å². The molecule has 2 aliphatic rings. The molecule has 0 radical (unpaired) electrons. The average Bonchev–Trinajstić information content (AvgIpc) is 3.47. The van der Waals surface area contributed by atoms with Gasteiger partial charge in [-0.25, -0.2) is 0 Å². The van der Waals surface area contributed by atoms with Gasteiger partial charge in [-0.05, 0) is 99.1 Å². The van der Waals surface area contributed by atoms with E-state index in [0.717, 1.165) is 54.9 Å². The Morgan fingerprint density at radius 3 is 1.80 bits per heavy atom. The number of hydrogen-bond donors (Lipinski definition) is 0. The minimum absolute atomic E-state index is 0.193. The summed E-state index contributed by atoms with van der Waals surface area (Å²) < 4.78 is 43.9. The topological polar surface area (TPSA) is 0 Å². The molecule has 0 unspecified atom stereocenters. The van der Waals surface area contributed by atoms with Crippen molar-refractivity contribution < 1.29 is 6.85 Å². The summed E-state index contributed by atoms with van der Waals surface area (Å²) in [5, 5.41) is 6.50. The zero-order valence-corrected chi connectivity index (χ0v) is 25.0. The smallest absolute Gasteiger partial charge is 0.0622 e. The van der Waals surface area contributed by atoms with Crippen molar-refractivity contribution in [3.63, 3.8) is 0 Å². The van der Waals surface area contributed by atoms with Crippen LogP contribution in [0.5, 0.6) is 0 Å². The molecule has 0 aromatic heterocycles. The molecular weight excluding hydrogens is 540 g/mol. The summed E-state index contributed by atoms with van der Waals surface area (Å²) in [6.45, 7) is 4.63. The standard InChI is InChI=1S/C45H30/c1-45(2)37-24-9-8-17-29(37)30-20-12-21-32-34(25-26-38(45)41(30)32)42-33-19-7-6-18-31(33)40(28-13-4-3-5-14-28)43-35-22-10-15-27-16-11-23-36(39(27)35)44(42)43/h3-26H,1-2H3/i3D,4D,5D,13D,14D. The van der Waals surface area contributed by atoms with Crippen LogP contribution in [0.25, 0.3) is 88.0 Å². The van der Waals surface area contributed by atoms with Crippen LogP contribution in [0.2, 0.25) is 0 Å². The highest BCUT2D eigenvalue weighted by Gasteiger charge is 2.35. The molecule has 0 heterocycles. The van der Waals surface area contributed by atoms with Crippen LogP contribution >= 0.6 is 0 Å². The van der Waals surface area contributed by atoms with Crippen LogP contribution in [0.1, 0.15) is 31.8 Å². The number of hydrogen-bond acceptors (Lipinski definition) is 0. The Morgan fingerprint density at radius 1 is 0.422 bits per heavy atom. The molecule has 210 valence electrons. The summed E-state index contributed by atoms with van der Waals surface area (Å²) in [7, 11) is 0. The molecule has 0 bridgehead atoms. The van der Waals surface area contributed by atoms with Crippen LogP contribution in [0, 0.1) is 0 Å². The fraction of sp³-hybridized carbons (Fsp3) is 0.0667. The van der Waals surface area contributed by atoms with E-state index in [9.17, 15) is 0 Å². The highest BCUT2D eigenvalue weighted by Crippen LogP contribution is 2.59. The van der Waals surface area contributed by atoms with E-state index in [-0.39, 0.29) is 41.2 Å². The lowest BCUT2D eigenvalue weighted by atomic mass is 9.67. The van der Waals surface area contributed by atoms with E-state index in [1.54, 1.807) is 0 Å². The summed E-state index contributed by atoms with van der Waals surface area (Å²) in [5.41, 5.74) is 12.1. The first-order valence-electron chi connectivity index (χ1n) is 18.0. The zero-order valence-electron chi connectivity index (χ0n) is 30.0. The molecule has 0 atom stereocenters. The van der Waals surface area contributed by atoms with Crippen LogP contribution in [0.4, 0.5) is 0 Å². The highest BCUT2D eigenvalue weighted by molar-refractivity contribution is 6.29. The van der Waals surface area contributed by atoms with Gasteiger partial charge in [0, 0.05) is 5.41 Å². The van der Waals surface area contributed by atoms with Gasteiger partial charge in [-0.15, -0.1) is 0 Å². The second-order valence-corrected chi connectivity index (χ2v) is 12.8. The first-order valence-corrected chi connectivity index (χ1v) is 15.5. The minimum atomic E-state index is -0.389. The highest BCUT2D eigenvalue weighted by atomic mass is 14.4. The van der Waals surface area contributed by atoms with Gasteiger partial charge in [0.15, 0.2) is 0 Å². The van der Waals surface area contributed by atoms with Gasteiger partial charge in [0.05, 0.1) is 6.85 Å². The Labute approximate surface area is 270 Å². The monoisotopic (exact) mass is 575 g/mol. The molecule has 2 aliphatic carbocycles. The summed E-state index contributed by atoms with van der Waals surface area (Å²) in [6, 6.07) is 39.4. The summed E-state index contributed by atoms with van der Waals surface area (Å²) in [6.07, 6.45) is 0. The van der Waals surface area contributed by atoms with Crippen molar-refractivity contribution in [3.8, 4) is 55.6 Å². The molecule has 0 N–H and O–H groups in total. The van der Waals surface area contributed by atoms with Gasteiger partial charge in [0.1, 0.15) is 0 Å². The molecule has 8 aromatic rings. The molecule has 0 aliphatic heterocycles. The molecule has 45 heavy (non-hydrogen) atoms. The van der Waals surface area contributed by atoms with Crippen LogP contribution in [-0.2, 0) is 5.41 Å². The van der Waals surface area contributed by atoms with E-state index < -0.39 is 0 Å². The molecular formula is C45H30. The maximum Gasteiger partial charge on any atom is 0.0629 e. The van der Waals surface area contributed by atoms with Crippen molar-refractivity contribution in [2.45, 2.75) is 19.3 Å². The Kier molecular flexibility index (Phi) is 4.01. The van der Waals surface area contributed by atoms with Crippen molar-refractivity contribution in [1.82, 2.24) is 0 Å². The van der Waals surface area contributed by atoms with Crippen molar-refractivity contribution in [2.24, 2.45) is 0 Å². The van der Waals surface area contributed by atoms with Gasteiger partial charge >= 0.3 is 0 Å². The lowest BCUT2D eigenvalue weighted by molar-refractivity contribution is 0.645. The Bertz CT molecular complexity index is 2810. The first kappa shape index (κ1) is 20.5. The van der Waals surface area contributed by atoms with Crippen molar-refractivity contribution >= 4 is 32.3 Å². The molecule has 8 aromatic carbocycles. The van der Waals surface area contributed by atoms with E-state index in [2.05, 4.69) is 111 Å². The molecule has 10 rings (SSSR count). The molecule has 0 spiro atoms. The molecule has 0 saturated heterocycles.